The summed E-state index contributed by atoms with van der Waals surface area (Å²) in [6.45, 7) is 4.40. The number of carbonyl (C=O) groups excluding carboxylic acids is 1. The van der Waals surface area contributed by atoms with Gasteiger partial charge in [-0.15, -0.1) is 0 Å². The number of hydrogen-bond donors (Lipinski definition) is 0. The third-order valence-electron chi connectivity index (χ3n) is 2.55. The summed E-state index contributed by atoms with van der Waals surface area (Å²) in [5.74, 6) is -3.01. The van der Waals surface area contributed by atoms with Gasteiger partial charge in [-0.05, 0) is 38.5 Å². The van der Waals surface area contributed by atoms with Gasteiger partial charge < -0.3 is 9.64 Å². The Hall–Kier alpha value is -1.17. The Morgan fingerprint density at radius 2 is 1.76 bits per heavy atom. The lowest BCUT2D eigenvalue weighted by Crippen LogP contribution is -2.42. The third kappa shape index (κ3) is 6.89. The van der Waals surface area contributed by atoms with Crippen LogP contribution < -0.4 is 0 Å². The van der Waals surface area contributed by atoms with Crippen molar-refractivity contribution in [3.63, 3.8) is 0 Å². The topological polar surface area (TPSA) is 29.5 Å². The molecule has 0 saturated carbocycles. The first-order chi connectivity index (χ1) is 9.48. The smallest absolute Gasteiger partial charge is 0.410 e. The molecule has 1 rings (SSSR count). The predicted octanol–water partition coefficient (Wildman–Crippen LogP) is 4.49. The van der Waals surface area contributed by atoms with E-state index < -0.39 is 30.6 Å². The molecule has 0 N–H and O–H groups in total. The van der Waals surface area contributed by atoms with E-state index in [9.17, 15) is 13.6 Å². The summed E-state index contributed by atoms with van der Waals surface area (Å²) in [6, 6.07) is 6.68. The molecule has 0 bridgehead atoms. The van der Waals surface area contributed by atoms with Gasteiger partial charge in [0.2, 0.25) is 0 Å². The molecule has 0 radical (unpaired) electrons. The zero-order chi connectivity index (χ0) is 16.3. The zero-order valence-corrected chi connectivity index (χ0v) is 14.2. The van der Waals surface area contributed by atoms with Crippen molar-refractivity contribution in [3.8, 4) is 0 Å². The molecule has 0 saturated heterocycles. The van der Waals surface area contributed by atoms with E-state index >= 15 is 0 Å². The first kappa shape index (κ1) is 17.9. The van der Waals surface area contributed by atoms with Crippen molar-refractivity contribution >= 4 is 22.0 Å². The van der Waals surface area contributed by atoms with Crippen LogP contribution in [0.3, 0.4) is 0 Å². The van der Waals surface area contributed by atoms with E-state index in [2.05, 4.69) is 15.9 Å². The average Bonchev–Trinajstić information content (AvgIpc) is 2.29. The molecule has 21 heavy (non-hydrogen) atoms. The minimum Gasteiger partial charge on any atom is -0.444 e. The van der Waals surface area contributed by atoms with E-state index in [1.807, 2.05) is 0 Å². The molecule has 0 aliphatic carbocycles. The SMILES string of the molecule is CN(CC(F)(F)Cc1ccc(Br)cc1)C(=O)OC(C)(C)C. The van der Waals surface area contributed by atoms with E-state index in [1.165, 1.54) is 7.05 Å². The fraction of sp³-hybridized carbons (Fsp3) is 0.533. The van der Waals surface area contributed by atoms with Gasteiger partial charge in [-0.3, -0.25) is 0 Å². The maximum absolute atomic E-state index is 14.0. The lowest BCUT2D eigenvalue weighted by Gasteiger charge is -2.27. The second-order valence-electron chi connectivity index (χ2n) is 6.00. The Kier molecular flexibility index (Phi) is 5.73. The highest BCUT2D eigenvalue weighted by Gasteiger charge is 2.33. The van der Waals surface area contributed by atoms with Gasteiger partial charge in [0, 0.05) is 17.9 Å². The fourth-order valence-electron chi connectivity index (χ4n) is 1.71. The largest absolute Gasteiger partial charge is 0.444 e. The second-order valence-corrected chi connectivity index (χ2v) is 6.91. The van der Waals surface area contributed by atoms with Crippen molar-refractivity contribution in [3.05, 3.63) is 34.3 Å². The Morgan fingerprint density at radius 1 is 1.24 bits per heavy atom. The van der Waals surface area contributed by atoms with Crippen molar-refractivity contribution < 1.29 is 18.3 Å². The highest BCUT2D eigenvalue weighted by atomic mass is 79.9. The molecule has 0 aliphatic heterocycles. The summed E-state index contributed by atoms with van der Waals surface area (Å²) in [5, 5.41) is 0. The Morgan fingerprint density at radius 3 is 2.24 bits per heavy atom. The number of benzene rings is 1. The monoisotopic (exact) mass is 363 g/mol. The van der Waals surface area contributed by atoms with Crippen LogP contribution in [-0.4, -0.2) is 36.1 Å². The minimum absolute atomic E-state index is 0.423. The van der Waals surface area contributed by atoms with Gasteiger partial charge in [-0.2, -0.15) is 0 Å². The quantitative estimate of drug-likeness (QED) is 0.788. The van der Waals surface area contributed by atoms with Gasteiger partial charge in [-0.1, -0.05) is 28.1 Å². The molecule has 0 unspecified atom stereocenters. The summed E-state index contributed by atoms with van der Waals surface area (Å²) in [4.78, 5) is 12.6. The first-order valence-electron chi connectivity index (χ1n) is 6.55. The van der Waals surface area contributed by atoms with Gasteiger partial charge in [-0.25, -0.2) is 13.6 Å². The van der Waals surface area contributed by atoms with Crippen molar-refractivity contribution in [2.45, 2.75) is 38.7 Å². The van der Waals surface area contributed by atoms with E-state index in [1.54, 1.807) is 45.0 Å². The van der Waals surface area contributed by atoms with E-state index in [0.717, 1.165) is 9.37 Å². The van der Waals surface area contributed by atoms with E-state index in [4.69, 9.17) is 4.74 Å². The Labute approximate surface area is 132 Å². The van der Waals surface area contributed by atoms with Crippen LogP contribution in [0, 0.1) is 0 Å². The van der Waals surface area contributed by atoms with Gasteiger partial charge >= 0.3 is 6.09 Å². The van der Waals surface area contributed by atoms with Crippen LogP contribution in [0.2, 0.25) is 0 Å². The van der Waals surface area contributed by atoms with Crippen molar-refractivity contribution in [2.75, 3.05) is 13.6 Å². The molecule has 1 aromatic carbocycles. The molecule has 0 atom stereocenters. The van der Waals surface area contributed by atoms with E-state index in [0.29, 0.717) is 5.56 Å². The Balaban J connectivity index is 2.62. The second kappa shape index (κ2) is 6.73. The number of halogens is 3. The molecule has 118 valence electrons. The first-order valence-corrected chi connectivity index (χ1v) is 7.34. The van der Waals surface area contributed by atoms with Crippen molar-refractivity contribution in [2.24, 2.45) is 0 Å². The van der Waals surface area contributed by atoms with Gasteiger partial charge in [0.1, 0.15) is 5.60 Å². The molecular formula is C15H20BrF2NO2. The van der Waals surface area contributed by atoms with Crippen LogP contribution in [0.5, 0.6) is 0 Å². The van der Waals surface area contributed by atoms with Gasteiger partial charge in [0.05, 0.1) is 6.54 Å². The summed E-state index contributed by atoms with van der Waals surface area (Å²) in [7, 11) is 1.31. The molecule has 1 aromatic rings. The molecule has 3 nitrogen and oxygen atoms in total. The summed E-state index contributed by atoms with van der Waals surface area (Å²) in [5.41, 5.74) is -0.187. The van der Waals surface area contributed by atoms with Crippen LogP contribution in [0.1, 0.15) is 26.3 Å². The maximum Gasteiger partial charge on any atom is 0.410 e. The molecule has 1 amide bonds. The number of ether oxygens (including phenoxy) is 1. The normalized spacial score (nSPS) is 12.1. The standard InChI is InChI=1S/C15H20BrF2NO2/c1-14(2,3)21-13(20)19(4)10-15(17,18)9-11-5-7-12(16)8-6-11/h5-8H,9-10H2,1-4H3. The highest BCUT2D eigenvalue weighted by Crippen LogP contribution is 2.23. The van der Waals surface area contributed by atoms with Crippen molar-refractivity contribution in [1.29, 1.82) is 0 Å². The number of carbonyl (C=O) groups is 1. The summed E-state index contributed by atoms with van der Waals surface area (Å²) >= 11 is 3.26. The summed E-state index contributed by atoms with van der Waals surface area (Å²) < 4.78 is 33.9. The van der Waals surface area contributed by atoms with Crippen LogP contribution in [0.15, 0.2) is 28.7 Å². The average molecular weight is 364 g/mol. The maximum atomic E-state index is 14.0. The zero-order valence-electron chi connectivity index (χ0n) is 12.6. The summed E-state index contributed by atoms with van der Waals surface area (Å²) in [6.07, 6.45) is -1.18. The van der Waals surface area contributed by atoms with Gasteiger partial charge in [0.15, 0.2) is 0 Å². The Bertz CT molecular complexity index is 483. The van der Waals surface area contributed by atoms with Crippen LogP contribution in [0.4, 0.5) is 13.6 Å². The number of alkyl halides is 2. The fourth-order valence-corrected chi connectivity index (χ4v) is 1.97. The molecule has 0 aromatic heterocycles. The number of hydrogen-bond acceptors (Lipinski definition) is 2. The molecule has 6 heteroatoms. The minimum atomic E-state index is -3.01. The highest BCUT2D eigenvalue weighted by molar-refractivity contribution is 9.10. The van der Waals surface area contributed by atoms with Crippen LogP contribution in [-0.2, 0) is 11.2 Å². The predicted molar refractivity (Wildman–Crippen MR) is 81.7 cm³/mol. The molecule has 0 fully saturated rings. The van der Waals surface area contributed by atoms with Crippen molar-refractivity contribution in [1.82, 2.24) is 4.90 Å². The molecule has 0 spiro atoms. The number of amides is 1. The van der Waals surface area contributed by atoms with Crippen LogP contribution in [0.25, 0.3) is 0 Å². The van der Waals surface area contributed by atoms with Crippen LogP contribution >= 0.6 is 15.9 Å². The van der Waals surface area contributed by atoms with E-state index in [-0.39, 0.29) is 0 Å². The number of nitrogens with zero attached hydrogens (tertiary/aromatic N) is 1. The number of rotatable bonds is 4. The molecular weight excluding hydrogens is 344 g/mol. The lowest BCUT2D eigenvalue weighted by atomic mass is 10.1. The third-order valence-corrected chi connectivity index (χ3v) is 3.08. The molecule has 0 heterocycles. The van der Waals surface area contributed by atoms with Gasteiger partial charge in [0.25, 0.3) is 5.92 Å². The lowest BCUT2D eigenvalue weighted by molar-refractivity contribution is -0.0360. The molecule has 0 aliphatic rings.